The summed E-state index contributed by atoms with van der Waals surface area (Å²) in [6.45, 7) is 0. The van der Waals surface area contributed by atoms with E-state index in [1.165, 1.54) is 0 Å². The lowest BCUT2D eigenvalue weighted by atomic mass is 10.1. The van der Waals surface area contributed by atoms with Gasteiger partial charge in [0.15, 0.2) is 0 Å². The normalized spacial score (nSPS) is 11.0. The van der Waals surface area contributed by atoms with Crippen LogP contribution in [0.5, 0.6) is 5.75 Å². The number of ether oxygens (including phenoxy) is 1. The minimum Gasteiger partial charge on any atom is -0.877 e. The van der Waals surface area contributed by atoms with Gasteiger partial charge in [-0.15, -0.1) is 6.26 Å². The van der Waals surface area contributed by atoms with Crippen molar-refractivity contribution in [2.24, 2.45) is 0 Å². The first kappa shape index (κ1) is 9.32. The molecule has 3 heteroatoms. The number of benzene rings is 1. The molecule has 1 aromatic rings. The van der Waals surface area contributed by atoms with Gasteiger partial charge in [0.25, 0.3) is 0 Å². The Morgan fingerprint density at radius 2 is 2.00 bits per heavy atom. The summed E-state index contributed by atoms with van der Waals surface area (Å²) >= 11 is 0. The maximum absolute atomic E-state index is 10.4. The maximum Gasteiger partial charge on any atom is 0.149 e. The van der Waals surface area contributed by atoms with Crippen LogP contribution >= 0.6 is 0 Å². The van der Waals surface area contributed by atoms with Crippen molar-refractivity contribution in [3.05, 3.63) is 36.1 Å². The van der Waals surface area contributed by atoms with Crippen LogP contribution in [0.25, 0.3) is 5.57 Å². The zero-order chi connectivity index (χ0) is 9.68. The minimum absolute atomic E-state index is 0.141. The van der Waals surface area contributed by atoms with E-state index >= 15 is 0 Å². The molecule has 0 bridgehead atoms. The van der Waals surface area contributed by atoms with Gasteiger partial charge >= 0.3 is 0 Å². The second-order valence-corrected chi connectivity index (χ2v) is 2.42. The van der Waals surface area contributed by atoms with E-state index in [-0.39, 0.29) is 5.57 Å². The van der Waals surface area contributed by atoms with E-state index in [9.17, 15) is 9.90 Å². The zero-order valence-corrected chi connectivity index (χ0v) is 7.19. The van der Waals surface area contributed by atoms with E-state index in [1.54, 1.807) is 31.4 Å². The van der Waals surface area contributed by atoms with E-state index < -0.39 is 0 Å². The summed E-state index contributed by atoms with van der Waals surface area (Å²) in [6, 6.07) is 6.72. The lowest BCUT2D eigenvalue weighted by molar-refractivity contribution is -0.273. The summed E-state index contributed by atoms with van der Waals surface area (Å²) in [6.07, 6.45) is 1.07. The molecule has 68 valence electrons. The lowest BCUT2D eigenvalue weighted by Crippen LogP contribution is -1.94. The predicted octanol–water partition coefficient (Wildman–Crippen LogP) is 0.595. The first-order valence-electron chi connectivity index (χ1n) is 3.73. The van der Waals surface area contributed by atoms with Crippen LogP contribution in [0.15, 0.2) is 30.5 Å². The average Bonchev–Trinajstić information content (AvgIpc) is 2.21. The SMILES string of the molecule is COc1ccc(/C(C=O)=C\[O-])cc1. The third-order valence-corrected chi connectivity index (χ3v) is 1.68. The Morgan fingerprint density at radius 3 is 2.38 bits per heavy atom. The summed E-state index contributed by atoms with van der Waals surface area (Å²) in [5, 5.41) is 10.4. The van der Waals surface area contributed by atoms with Crippen LogP contribution in [0, 0.1) is 0 Å². The molecule has 0 aliphatic carbocycles. The van der Waals surface area contributed by atoms with E-state index in [1.807, 2.05) is 0 Å². The van der Waals surface area contributed by atoms with E-state index in [2.05, 4.69) is 0 Å². The molecule has 0 radical (unpaired) electrons. The Kier molecular flexibility index (Phi) is 3.09. The predicted molar refractivity (Wildman–Crippen MR) is 47.0 cm³/mol. The van der Waals surface area contributed by atoms with Crippen LogP contribution < -0.4 is 9.84 Å². The molecule has 0 saturated carbocycles. The number of allylic oxidation sites excluding steroid dienone is 1. The monoisotopic (exact) mass is 177 g/mol. The summed E-state index contributed by atoms with van der Waals surface area (Å²) in [4.78, 5) is 10.4. The third-order valence-electron chi connectivity index (χ3n) is 1.68. The van der Waals surface area contributed by atoms with E-state index in [4.69, 9.17) is 4.74 Å². The minimum atomic E-state index is 0.141. The highest BCUT2D eigenvalue weighted by Gasteiger charge is 1.97. The molecule has 0 heterocycles. The Labute approximate surface area is 76.3 Å². The molecule has 3 nitrogen and oxygen atoms in total. The first-order chi connectivity index (χ1) is 6.31. The maximum atomic E-state index is 10.4. The zero-order valence-electron chi connectivity index (χ0n) is 7.19. The number of rotatable bonds is 3. The van der Waals surface area contributed by atoms with Crippen molar-refractivity contribution in [1.29, 1.82) is 0 Å². The number of carbonyl (C=O) groups is 1. The van der Waals surface area contributed by atoms with Gasteiger partial charge < -0.3 is 9.84 Å². The van der Waals surface area contributed by atoms with Crippen LogP contribution in [-0.2, 0) is 4.79 Å². The standard InChI is InChI=1S/C10H10O3/c1-13-10-4-2-8(3-5-10)9(6-11)7-12/h2-7,11H,1H3/p-1/b9-6-. The highest BCUT2D eigenvalue weighted by atomic mass is 16.5. The van der Waals surface area contributed by atoms with Crippen molar-refractivity contribution in [3.63, 3.8) is 0 Å². The highest BCUT2D eigenvalue weighted by Crippen LogP contribution is 2.16. The van der Waals surface area contributed by atoms with Crippen molar-refractivity contribution in [2.75, 3.05) is 7.11 Å². The molecule has 1 rings (SSSR count). The Balaban J connectivity index is 2.97. The molecule has 0 saturated heterocycles. The van der Waals surface area contributed by atoms with Crippen molar-refractivity contribution in [1.82, 2.24) is 0 Å². The van der Waals surface area contributed by atoms with Crippen molar-refractivity contribution in [3.8, 4) is 5.75 Å². The molecule has 0 unspecified atom stereocenters. The first-order valence-corrected chi connectivity index (χ1v) is 3.73. The Morgan fingerprint density at radius 1 is 1.38 bits per heavy atom. The summed E-state index contributed by atoms with van der Waals surface area (Å²) < 4.78 is 4.93. The number of methoxy groups -OCH3 is 1. The second-order valence-electron chi connectivity index (χ2n) is 2.42. The topological polar surface area (TPSA) is 49.4 Å². The van der Waals surface area contributed by atoms with Crippen LogP contribution in [0.3, 0.4) is 0 Å². The van der Waals surface area contributed by atoms with Gasteiger partial charge in [-0.1, -0.05) is 12.1 Å². The molecule has 0 aliphatic heterocycles. The fourth-order valence-electron chi connectivity index (χ4n) is 0.947. The molecule has 1 aromatic carbocycles. The van der Waals surface area contributed by atoms with E-state index in [0.29, 0.717) is 23.9 Å². The third kappa shape index (κ3) is 2.08. The molecule has 13 heavy (non-hydrogen) atoms. The Bertz CT molecular complexity index is 311. The van der Waals surface area contributed by atoms with Crippen molar-refractivity contribution in [2.45, 2.75) is 0 Å². The van der Waals surface area contributed by atoms with Gasteiger partial charge in [0.2, 0.25) is 0 Å². The summed E-state index contributed by atoms with van der Waals surface area (Å²) in [5.74, 6) is 0.694. The van der Waals surface area contributed by atoms with Gasteiger partial charge in [-0.2, -0.15) is 0 Å². The molecule has 0 N–H and O–H groups in total. The quantitative estimate of drug-likeness (QED) is 0.386. The summed E-state index contributed by atoms with van der Waals surface area (Å²) in [5.41, 5.74) is 0.744. The van der Waals surface area contributed by atoms with Crippen molar-refractivity contribution >= 4 is 11.9 Å². The van der Waals surface area contributed by atoms with Gasteiger partial charge in [-0.25, -0.2) is 0 Å². The number of aldehydes is 1. The van der Waals surface area contributed by atoms with Crippen LogP contribution in [0.4, 0.5) is 0 Å². The molecule has 0 spiro atoms. The van der Waals surface area contributed by atoms with Crippen molar-refractivity contribution < 1.29 is 14.6 Å². The van der Waals surface area contributed by atoms with Gasteiger partial charge in [-0.05, 0) is 17.7 Å². The molecule has 0 aromatic heterocycles. The lowest BCUT2D eigenvalue weighted by Gasteiger charge is -2.04. The molecular weight excluding hydrogens is 168 g/mol. The number of hydrogen-bond donors (Lipinski definition) is 0. The van der Waals surface area contributed by atoms with Crippen LogP contribution in [0.1, 0.15) is 5.56 Å². The molecule has 0 atom stereocenters. The van der Waals surface area contributed by atoms with Gasteiger partial charge in [0.05, 0.1) is 7.11 Å². The molecule has 0 amide bonds. The molecular formula is C10H9O3-. The number of hydrogen-bond acceptors (Lipinski definition) is 3. The second kappa shape index (κ2) is 4.30. The van der Waals surface area contributed by atoms with Gasteiger partial charge in [0, 0.05) is 5.57 Å². The smallest absolute Gasteiger partial charge is 0.149 e. The largest absolute Gasteiger partial charge is 0.877 e. The van der Waals surface area contributed by atoms with Crippen LogP contribution in [0.2, 0.25) is 0 Å². The highest BCUT2D eigenvalue weighted by molar-refractivity contribution is 6.06. The fourth-order valence-corrected chi connectivity index (χ4v) is 0.947. The van der Waals surface area contributed by atoms with Gasteiger partial charge in [-0.3, -0.25) is 4.79 Å². The average molecular weight is 177 g/mol. The van der Waals surface area contributed by atoms with Crippen LogP contribution in [-0.4, -0.2) is 13.4 Å². The summed E-state index contributed by atoms with van der Waals surface area (Å²) in [7, 11) is 1.55. The number of carbonyl (C=O) groups excluding carboxylic acids is 1. The molecule has 0 fully saturated rings. The Hall–Kier alpha value is -1.77. The van der Waals surface area contributed by atoms with E-state index in [0.717, 1.165) is 0 Å². The fraction of sp³-hybridized carbons (Fsp3) is 0.100. The molecule has 0 aliphatic rings. The van der Waals surface area contributed by atoms with Gasteiger partial charge in [0.1, 0.15) is 12.0 Å².